The highest BCUT2D eigenvalue weighted by atomic mass is 35.5. The molecule has 0 aliphatic carbocycles. The predicted octanol–water partition coefficient (Wildman–Crippen LogP) is 4.35. The number of para-hydroxylation sites is 1. The number of hydrogen-bond donors (Lipinski definition) is 2. The Balaban J connectivity index is 1.92. The molecule has 0 bridgehead atoms. The van der Waals surface area contributed by atoms with Gasteiger partial charge in [0.05, 0.1) is 18.1 Å². The van der Waals surface area contributed by atoms with Gasteiger partial charge in [0.2, 0.25) is 5.91 Å². The average molecular weight is 415 g/mol. The zero-order valence-electron chi connectivity index (χ0n) is 14.9. The van der Waals surface area contributed by atoms with Gasteiger partial charge in [-0.3, -0.25) is 9.59 Å². The number of aryl methyl sites for hydroxylation is 1. The number of amides is 2. The number of halogens is 4. The van der Waals surface area contributed by atoms with E-state index in [0.717, 1.165) is 0 Å². The SMILES string of the molecule is Cc1ccc(C(=O)NCC(F)(F)F)cc1NC(=O)CCOc1ccccc1Cl. The second kappa shape index (κ2) is 9.45. The van der Waals surface area contributed by atoms with Crippen LogP contribution in [0.2, 0.25) is 5.02 Å². The number of hydrogen-bond acceptors (Lipinski definition) is 3. The Morgan fingerprint density at radius 3 is 2.54 bits per heavy atom. The number of anilines is 1. The normalized spacial score (nSPS) is 11.0. The largest absolute Gasteiger partial charge is 0.491 e. The van der Waals surface area contributed by atoms with Gasteiger partial charge < -0.3 is 15.4 Å². The van der Waals surface area contributed by atoms with E-state index in [4.69, 9.17) is 16.3 Å². The van der Waals surface area contributed by atoms with Crippen LogP contribution in [-0.2, 0) is 4.79 Å². The summed E-state index contributed by atoms with van der Waals surface area (Å²) in [7, 11) is 0. The van der Waals surface area contributed by atoms with Crippen molar-refractivity contribution < 1.29 is 27.5 Å². The molecule has 28 heavy (non-hydrogen) atoms. The van der Waals surface area contributed by atoms with Crippen LogP contribution in [0.5, 0.6) is 5.75 Å². The monoisotopic (exact) mass is 414 g/mol. The summed E-state index contributed by atoms with van der Waals surface area (Å²) in [4.78, 5) is 23.9. The average Bonchev–Trinajstić information content (AvgIpc) is 2.62. The number of nitrogens with one attached hydrogen (secondary N) is 2. The van der Waals surface area contributed by atoms with Crippen molar-refractivity contribution in [2.24, 2.45) is 0 Å². The van der Waals surface area contributed by atoms with Crippen LogP contribution in [0, 0.1) is 6.92 Å². The molecule has 0 saturated heterocycles. The Kier molecular flexibility index (Phi) is 7.28. The van der Waals surface area contributed by atoms with E-state index >= 15 is 0 Å². The van der Waals surface area contributed by atoms with Crippen molar-refractivity contribution in [3.05, 3.63) is 58.6 Å². The summed E-state index contributed by atoms with van der Waals surface area (Å²) < 4.78 is 42.1. The van der Waals surface area contributed by atoms with E-state index in [1.54, 1.807) is 42.6 Å². The number of ether oxygens (including phenoxy) is 1. The van der Waals surface area contributed by atoms with E-state index in [2.05, 4.69) is 5.32 Å². The van der Waals surface area contributed by atoms with E-state index in [-0.39, 0.29) is 24.5 Å². The number of alkyl halides is 3. The lowest BCUT2D eigenvalue weighted by Crippen LogP contribution is -2.33. The highest BCUT2D eigenvalue weighted by Crippen LogP contribution is 2.23. The molecule has 0 heterocycles. The van der Waals surface area contributed by atoms with Gasteiger partial charge in [-0.1, -0.05) is 29.8 Å². The molecular formula is C19H18ClF3N2O3. The molecule has 0 atom stereocenters. The highest BCUT2D eigenvalue weighted by molar-refractivity contribution is 6.32. The van der Waals surface area contributed by atoms with Crippen LogP contribution in [0.3, 0.4) is 0 Å². The summed E-state index contributed by atoms with van der Waals surface area (Å²) in [6.07, 6.45) is -4.48. The molecule has 0 unspecified atom stereocenters. The van der Waals surface area contributed by atoms with E-state index in [1.807, 2.05) is 0 Å². The zero-order chi connectivity index (χ0) is 20.7. The summed E-state index contributed by atoms with van der Waals surface area (Å²) in [5.74, 6) is -0.797. The third kappa shape index (κ3) is 6.77. The maximum atomic E-state index is 12.2. The first-order valence-corrected chi connectivity index (χ1v) is 8.66. The van der Waals surface area contributed by atoms with Crippen LogP contribution in [-0.4, -0.2) is 31.1 Å². The molecule has 0 saturated carbocycles. The summed E-state index contributed by atoms with van der Waals surface area (Å²) in [5, 5.41) is 4.84. The van der Waals surface area contributed by atoms with Crippen LogP contribution in [0.4, 0.5) is 18.9 Å². The Hall–Kier alpha value is -2.74. The van der Waals surface area contributed by atoms with Crippen molar-refractivity contribution in [3.8, 4) is 5.75 Å². The highest BCUT2D eigenvalue weighted by Gasteiger charge is 2.28. The molecule has 2 aromatic rings. The topological polar surface area (TPSA) is 67.4 Å². The summed E-state index contributed by atoms with van der Waals surface area (Å²) in [5.41, 5.74) is 1.01. The van der Waals surface area contributed by atoms with E-state index in [9.17, 15) is 22.8 Å². The minimum absolute atomic E-state index is 0.0115. The van der Waals surface area contributed by atoms with Gasteiger partial charge in [-0.25, -0.2) is 0 Å². The van der Waals surface area contributed by atoms with Gasteiger partial charge >= 0.3 is 6.18 Å². The lowest BCUT2D eigenvalue weighted by molar-refractivity contribution is -0.123. The van der Waals surface area contributed by atoms with Gasteiger partial charge in [0.1, 0.15) is 12.3 Å². The Bertz CT molecular complexity index is 857. The third-order valence-electron chi connectivity index (χ3n) is 3.65. The molecule has 2 amide bonds. The predicted molar refractivity (Wildman–Crippen MR) is 99.8 cm³/mol. The summed E-state index contributed by atoms with van der Waals surface area (Å²) in [6.45, 7) is 0.356. The summed E-state index contributed by atoms with van der Waals surface area (Å²) >= 11 is 5.96. The fourth-order valence-electron chi connectivity index (χ4n) is 2.21. The molecule has 2 aromatic carbocycles. The quantitative estimate of drug-likeness (QED) is 0.708. The number of benzene rings is 2. The fraction of sp³-hybridized carbons (Fsp3) is 0.263. The number of rotatable bonds is 7. The van der Waals surface area contributed by atoms with Gasteiger partial charge in [0.25, 0.3) is 5.91 Å². The lowest BCUT2D eigenvalue weighted by atomic mass is 10.1. The maximum Gasteiger partial charge on any atom is 0.405 e. The number of carbonyl (C=O) groups is 2. The Morgan fingerprint density at radius 1 is 1.14 bits per heavy atom. The van der Waals surface area contributed by atoms with Crippen molar-refractivity contribution in [2.45, 2.75) is 19.5 Å². The van der Waals surface area contributed by atoms with E-state index in [0.29, 0.717) is 22.0 Å². The smallest absolute Gasteiger partial charge is 0.405 e. The van der Waals surface area contributed by atoms with Gasteiger partial charge in [-0.05, 0) is 36.8 Å². The van der Waals surface area contributed by atoms with Crippen molar-refractivity contribution >= 4 is 29.1 Å². The Morgan fingerprint density at radius 2 is 1.86 bits per heavy atom. The van der Waals surface area contributed by atoms with Crippen molar-refractivity contribution in [2.75, 3.05) is 18.5 Å². The van der Waals surface area contributed by atoms with E-state index in [1.165, 1.54) is 12.1 Å². The minimum Gasteiger partial charge on any atom is -0.491 e. The maximum absolute atomic E-state index is 12.2. The van der Waals surface area contributed by atoms with Crippen LogP contribution in [0.1, 0.15) is 22.3 Å². The Labute approximate surface area is 164 Å². The standard InChI is InChI=1S/C19H18ClF3N2O3/c1-12-6-7-13(18(27)24-11-19(21,22)23)10-15(12)25-17(26)8-9-28-16-5-3-2-4-14(16)20/h2-7,10H,8-9,11H2,1H3,(H,24,27)(H,25,26). The molecule has 2 N–H and O–H groups in total. The molecule has 0 radical (unpaired) electrons. The molecule has 5 nitrogen and oxygen atoms in total. The van der Waals surface area contributed by atoms with Crippen molar-refractivity contribution in [1.82, 2.24) is 5.32 Å². The molecule has 0 aliphatic heterocycles. The summed E-state index contributed by atoms with van der Waals surface area (Å²) in [6, 6.07) is 11.1. The van der Waals surface area contributed by atoms with Crippen LogP contribution < -0.4 is 15.4 Å². The molecule has 9 heteroatoms. The molecule has 2 rings (SSSR count). The van der Waals surface area contributed by atoms with E-state index < -0.39 is 18.6 Å². The number of carbonyl (C=O) groups excluding carboxylic acids is 2. The van der Waals surface area contributed by atoms with Crippen molar-refractivity contribution in [3.63, 3.8) is 0 Å². The van der Waals surface area contributed by atoms with Crippen molar-refractivity contribution in [1.29, 1.82) is 0 Å². The van der Waals surface area contributed by atoms with Gasteiger partial charge in [-0.15, -0.1) is 0 Å². The first-order valence-electron chi connectivity index (χ1n) is 8.28. The van der Waals surface area contributed by atoms with Crippen LogP contribution in [0.15, 0.2) is 42.5 Å². The molecule has 0 aromatic heterocycles. The minimum atomic E-state index is -4.50. The molecule has 150 valence electrons. The van der Waals surface area contributed by atoms with Gasteiger partial charge in [-0.2, -0.15) is 13.2 Å². The van der Waals surface area contributed by atoms with Gasteiger partial charge in [0, 0.05) is 11.3 Å². The zero-order valence-corrected chi connectivity index (χ0v) is 15.7. The molecule has 0 fully saturated rings. The lowest BCUT2D eigenvalue weighted by Gasteiger charge is -2.12. The molecule has 0 aliphatic rings. The third-order valence-corrected chi connectivity index (χ3v) is 3.96. The first kappa shape index (κ1) is 21.6. The second-order valence-electron chi connectivity index (χ2n) is 5.90. The fourth-order valence-corrected chi connectivity index (χ4v) is 2.40. The first-order chi connectivity index (χ1) is 13.2. The second-order valence-corrected chi connectivity index (χ2v) is 6.31. The van der Waals surface area contributed by atoms with Crippen LogP contribution >= 0.6 is 11.6 Å². The van der Waals surface area contributed by atoms with Gasteiger partial charge in [0.15, 0.2) is 0 Å². The molecule has 0 spiro atoms. The molecular weight excluding hydrogens is 397 g/mol. The van der Waals surface area contributed by atoms with Crippen LogP contribution in [0.25, 0.3) is 0 Å².